The number of sulfonamides is 1. The number of unbranched alkanes of at least 4 members (excludes halogenated alkanes) is 4. The molecule has 35 heavy (non-hydrogen) atoms. The van der Waals surface area contributed by atoms with Crippen LogP contribution in [0, 0.1) is 5.92 Å². The van der Waals surface area contributed by atoms with E-state index in [1.807, 2.05) is 56.5 Å². The van der Waals surface area contributed by atoms with Crippen LogP contribution < -0.4 is 15.4 Å². The van der Waals surface area contributed by atoms with Crippen LogP contribution in [-0.4, -0.2) is 44.7 Å². The first-order valence-electron chi connectivity index (χ1n) is 12.9. The molecule has 0 spiro atoms. The summed E-state index contributed by atoms with van der Waals surface area (Å²) in [5.74, 6) is 0.387. The molecule has 0 aliphatic carbocycles. The standard InChI is InChI=1S/C23H38N4O3S.C4H8/c1-3-4-5-6-7-8-20(2)13-15-26-16-17-27(23(26)28)22-11-9-21(10-12-22)19-25-14-18-31(24,29)30;1-3-4-2/h9-13,15,20,25H,3-8,14,16-19H2,1-2H3,(H2,24,29,30);3-4H,1-2H3/b15-13+;4-3-. The molecule has 1 saturated heterocycles. The molecule has 7 nitrogen and oxygen atoms in total. The van der Waals surface area contributed by atoms with Gasteiger partial charge in [0.25, 0.3) is 0 Å². The molecule has 0 aromatic heterocycles. The van der Waals surface area contributed by atoms with Crippen molar-refractivity contribution in [2.45, 2.75) is 72.8 Å². The average Bonchev–Trinajstić information content (AvgIpc) is 3.20. The highest BCUT2D eigenvalue weighted by Gasteiger charge is 2.28. The molecule has 1 fully saturated rings. The number of anilines is 1. The number of rotatable bonds is 14. The normalized spacial score (nSPS) is 15.2. The van der Waals surface area contributed by atoms with Crippen LogP contribution >= 0.6 is 0 Å². The van der Waals surface area contributed by atoms with E-state index in [1.165, 1.54) is 38.5 Å². The van der Waals surface area contributed by atoms with Gasteiger partial charge in [0, 0.05) is 38.1 Å². The Morgan fingerprint density at radius 1 is 1.06 bits per heavy atom. The van der Waals surface area contributed by atoms with Crippen molar-refractivity contribution in [1.82, 2.24) is 10.2 Å². The summed E-state index contributed by atoms with van der Waals surface area (Å²) in [6.07, 6.45) is 15.7. The van der Waals surface area contributed by atoms with E-state index in [9.17, 15) is 13.2 Å². The van der Waals surface area contributed by atoms with Gasteiger partial charge in [0.05, 0.1) is 5.75 Å². The number of hydrogen-bond acceptors (Lipinski definition) is 4. The molecule has 1 aromatic carbocycles. The van der Waals surface area contributed by atoms with Crippen LogP contribution in [0.2, 0.25) is 0 Å². The monoisotopic (exact) mass is 506 g/mol. The molecule has 1 aliphatic heterocycles. The topological polar surface area (TPSA) is 95.7 Å². The summed E-state index contributed by atoms with van der Waals surface area (Å²) in [5.41, 5.74) is 1.90. The van der Waals surface area contributed by atoms with Crippen LogP contribution in [0.5, 0.6) is 0 Å². The maximum Gasteiger partial charge on any atom is 0.328 e. The number of carbonyl (C=O) groups is 1. The minimum absolute atomic E-state index is 0.00502. The zero-order valence-electron chi connectivity index (χ0n) is 22.1. The number of urea groups is 1. The molecule has 0 saturated carbocycles. The molecular weight excluding hydrogens is 460 g/mol. The van der Waals surface area contributed by atoms with Crippen molar-refractivity contribution in [3.63, 3.8) is 0 Å². The Morgan fingerprint density at radius 3 is 2.31 bits per heavy atom. The van der Waals surface area contributed by atoms with Gasteiger partial charge in [-0.05, 0) is 43.9 Å². The number of nitrogens with two attached hydrogens (primary N) is 1. The number of allylic oxidation sites excluding steroid dienone is 3. The molecule has 1 heterocycles. The largest absolute Gasteiger partial charge is 0.328 e. The Morgan fingerprint density at radius 2 is 1.71 bits per heavy atom. The van der Waals surface area contributed by atoms with Crippen LogP contribution in [0.4, 0.5) is 10.5 Å². The van der Waals surface area contributed by atoms with E-state index < -0.39 is 10.0 Å². The molecule has 0 radical (unpaired) electrons. The number of hydrogen-bond donors (Lipinski definition) is 2. The maximum absolute atomic E-state index is 12.8. The summed E-state index contributed by atoms with van der Waals surface area (Å²) >= 11 is 0. The quantitative estimate of drug-likeness (QED) is 0.261. The number of amides is 2. The van der Waals surface area contributed by atoms with Crippen molar-refractivity contribution < 1.29 is 13.2 Å². The van der Waals surface area contributed by atoms with Crippen molar-refractivity contribution in [2.75, 3.05) is 30.3 Å². The van der Waals surface area contributed by atoms with Crippen molar-refractivity contribution >= 4 is 21.7 Å². The second-order valence-electron chi connectivity index (χ2n) is 9.03. The van der Waals surface area contributed by atoms with E-state index in [0.29, 0.717) is 32.1 Å². The predicted molar refractivity (Wildman–Crippen MR) is 148 cm³/mol. The van der Waals surface area contributed by atoms with Crippen LogP contribution in [-0.2, 0) is 16.6 Å². The minimum Gasteiger partial charge on any atom is -0.312 e. The molecule has 8 heteroatoms. The number of primary sulfonamides is 1. The third-order valence-corrected chi connectivity index (χ3v) is 6.65. The van der Waals surface area contributed by atoms with Gasteiger partial charge in [0.2, 0.25) is 10.0 Å². The third-order valence-electron chi connectivity index (χ3n) is 5.87. The number of benzene rings is 1. The van der Waals surface area contributed by atoms with Gasteiger partial charge in [0.15, 0.2) is 0 Å². The number of carbonyl (C=O) groups excluding carboxylic acids is 1. The van der Waals surface area contributed by atoms with Gasteiger partial charge >= 0.3 is 6.03 Å². The Bertz CT molecular complexity index is 878. The second kappa shape index (κ2) is 17.3. The van der Waals surface area contributed by atoms with Crippen molar-refractivity contribution in [3.8, 4) is 0 Å². The van der Waals surface area contributed by atoms with Crippen molar-refractivity contribution in [2.24, 2.45) is 11.1 Å². The van der Waals surface area contributed by atoms with Gasteiger partial charge in [-0.15, -0.1) is 0 Å². The summed E-state index contributed by atoms with van der Waals surface area (Å²) in [6.45, 7) is 10.7. The first kappa shape index (κ1) is 30.9. The smallest absolute Gasteiger partial charge is 0.312 e. The summed E-state index contributed by atoms with van der Waals surface area (Å²) < 4.78 is 21.9. The summed E-state index contributed by atoms with van der Waals surface area (Å²) in [6, 6.07) is 7.77. The zero-order valence-corrected chi connectivity index (χ0v) is 22.9. The molecule has 1 aromatic rings. The lowest BCUT2D eigenvalue weighted by atomic mass is 10.0. The SMILES string of the molecule is C/C=C\C.CCCCCCCC(C)/C=C/N1CCN(c2ccc(CNCCS(N)(=O)=O)cc2)C1=O. The molecule has 2 rings (SSSR count). The molecule has 1 unspecified atom stereocenters. The molecule has 2 amide bonds. The van der Waals surface area contributed by atoms with Gasteiger partial charge in [-0.1, -0.05) is 76.3 Å². The molecule has 1 aliphatic rings. The van der Waals surface area contributed by atoms with E-state index in [4.69, 9.17) is 5.14 Å². The molecule has 198 valence electrons. The highest BCUT2D eigenvalue weighted by atomic mass is 32.2. The lowest BCUT2D eigenvalue weighted by molar-refractivity contribution is 0.233. The lowest BCUT2D eigenvalue weighted by Gasteiger charge is -2.17. The van der Waals surface area contributed by atoms with Crippen molar-refractivity contribution in [3.05, 3.63) is 54.3 Å². The van der Waals surface area contributed by atoms with Crippen LogP contribution in [0.1, 0.15) is 71.8 Å². The van der Waals surface area contributed by atoms with E-state index in [1.54, 1.807) is 9.80 Å². The first-order valence-corrected chi connectivity index (χ1v) is 14.6. The Balaban J connectivity index is 0.00000142. The van der Waals surface area contributed by atoms with Crippen LogP contribution in [0.3, 0.4) is 0 Å². The van der Waals surface area contributed by atoms with E-state index in [0.717, 1.165) is 11.3 Å². The van der Waals surface area contributed by atoms with Gasteiger partial charge in [0.1, 0.15) is 0 Å². The highest BCUT2D eigenvalue weighted by Crippen LogP contribution is 2.22. The number of nitrogens with zero attached hydrogens (tertiary/aromatic N) is 2. The number of nitrogens with one attached hydrogen (secondary N) is 1. The van der Waals surface area contributed by atoms with Crippen LogP contribution in [0.15, 0.2) is 48.7 Å². The molecular formula is C27H46N4O3S. The lowest BCUT2D eigenvalue weighted by Crippen LogP contribution is -2.29. The Labute approximate surface area is 213 Å². The van der Waals surface area contributed by atoms with Gasteiger partial charge in [-0.3, -0.25) is 9.80 Å². The first-order chi connectivity index (χ1) is 16.7. The molecule has 0 bridgehead atoms. The molecule has 1 atom stereocenters. The fourth-order valence-corrected chi connectivity index (χ4v) is 4.02. The maximum atomic E-state index is 12.8. The summed E-state index contributed by atoms with van der Waals surface area (Å²) in [5, 5.41) is 8.05. The fraction of sp³-hybridized carbons (Fsp3) is 0.593. The summed E-state index contributed by atoms with van der Waals surface area (Å²) in [7, 11) is -3.44. The Kier molecular flexibility index (Phi) is 15.3. The zero-order chi connectivity index (χ0) is 26.1. The highest BCUT2D eigenvalue weighted by molar-refractivity contribution is 7.89. The molecule has 3 N–H and O–H groups in total. The minimum atomic E-state index is -3.44. The third kappa shape index (κ3) is 13.5. The summed E-state index contributed by atoms with van der Waals surface area (Å²) in [4.78, 5) is 16.3. The second-order valence-corrected chi connectivity index (χ2v) is 10.8. The van der Waals surface area contributed by atoms with Gasteiger partial charge in [-0.25, -0.2) is 18.4 Å². The van der Waals surface area contributed by atoms with Gasteiger partial charge in [-0.2, -0.15) is 0 Å². The Hall–Kier alpha value is -2.16. The van der Waals surface area contributed by atoms with E-state index >= 15 is 0 Å². The van der Waals surface area contributed by atoms with E-state index in [-0.39, 0.29) is 11.8 Å². The van der Waals surface area contributed by atoms with Gasteiger partial charge < -0.3 is 5.32 Å². The fourth-order valence-electron chi connectivity index (χ4n) is 3.59. The average molecular weight is 507 g/mol. The predicted octanol–water partition coefficient (Wildman–Crippen LogP) is 5.40. The van der Waals surface area contributed by atoms with Crippen LogP contribution in [0.25, 0.3) is 0 Å². The van der Waals surface area contributed by atoms with E-state index in [2.05, 4.69) is 25.2 Å². The van der Waals surface area contributed by atoms with Crippen molar-refractivity contribution in [1.29, 1.82) is 0 Å².